The number of hydrogen-bond acceptors (Lipinski definition) is 5. The van der Waals surface area contributed by atoms with Gasteiger partial charge >= 0.3 is 0 Å². The number of hydrogen-bond donors (Lipinski definition) is 0. The average molecular weight is 406 g/mol. The summed E-state index contributed by atoms with van der Waals surface area (Å²) in [7, 11) is 0. The van der Waals surface area contributed by atoms with E-state index in [-0.39, 0.29) is 19.3 Å². The van der Waals surface area contributed by atoms with E-state index in [0.717, 1.165) is 36.8 Å². The monoisotopic (exact) mass is 405 g/mol. The summed E-state index contributed by atoms with van der Waals surface area (Å²) in [4.78, 5) is 14.4. The molecule has 0 N–H and O–H groups in total. The van der Waals surface area contributed by atoms with Crippen LogP contribution in [-0.2, 0) is 4.79 Å². The Morgan fingerprint density at radius 3 is 2.81 bits per heavy atom. The molecule has 0 aliphatic carbocycles. The molecular weight excluding hydrogens is 386 g/mol. The summed E-state index contributed by atoms with van der Waals surface area (Å²) in [5, 5.41) is 0.988. The Balaban J connectivity index is 1.32. The van der Waals surface area contributed by atoms with Gasteiger partial charge in [-0.1, -0.05) is 17.7 Å². The third-order valence-corrected chi connectivity index (χ3v) is 6.22. The summed E-state index contributed by atoms with van der Waals surface area (Å²) in [5.74, 6) is 3.16. The van der Waals surface area contributed by atoms with Crippen molar-refractivity contribution >= 4 is 29.3 Å². The van der Waals surface area contributed by atoms with Crippen molar-refractivity contribution in [2.45, 2.75) is 11.7 Å². The van der Waals surface area contributed by atoms with Gasteiger partial charge in [0.2, 0.25) is 6.79 Å². The molecule has 1 fully saturated rings. The smallest absolute Gasteiger partial charge is 0.260 e. The summed E-state index contributed by atoms with van der Waals surface area (Å²) in [5.41, 5.74) is 1.22. The topological polar surface area (TPSA) is 48.0 Å². The van der Waals surface area contributed by atoms with Crippen molar-refractivity contribution in [2.24, 2.45) is 0 Å². The molecule has 1 saturated heterocycles. The largest absolute Gasteiger partial charge is 0.484 e. The first-order valence-electron chi connectivity index (χ1n) is 8.86. The number of fused-ring (bicyclic) bond motifs is 1. The fourth-order valence-corrected chi connectivity index (χ4v) is 4.51. The van der Waals surface area contributed by atoms with Gasteiger partial charge in [0.1, 0.15) is 5.75 Å². The second-order valence-electron chi connectivity index (χ2n) is 6.38. The summed E-state index contributed by atoms with van der Waals surface area (Å²) < 4.78 is 16.5. The molecule has 1 atom stereocenters. The van der Waals surface area contributed by atoms with E-state index in [9.17, 15) is 4.79 Å². The minimum atomic E-state index is 0.0110. The van der Waals surface area contributed by atoms with Gasteiger partial charge in [0.15, 0.2) is 18.1 Å². The van der Waals surface area contributed by atoms with Crippen LogP contribution in [0.2, 0.25) is 5.02 Å². The lowest BCUT2D eigenvalue weighted by Crippen LogP contribution is -2.36. The maximum atomic E-state index is 12.5. The molecule has 2 aliphatic rings. The number of carbonyl (C=O) groups is 1. The van der Waals surface area contributed by atoms with Crippen LogP contribution >= 0.6 is 23.4 Å². The zero-order chi connectivity index (χ0) is 18.6. The Kier molecular flexibility index (Phi) is 5.64. The molecule has 4 rings (SSSR count). The fourth-order valence-electron chi connectivity index (χ4n) is 3.17. The lowest BCUT2D eigenvalue weighted by Gasteiger charge is -2.20. The van der Waals surface area contributed by atoms with Crippen molar-refractivity contribution < 1.29 is 19.0 Å². The summed E-state index contributed by atoms with van der Waals surface area (Å²) in [6.45, 7) is 1.77. The van der Waals surface area contributed by atoms with Crippen LogP contribution in [0.25, 0.3) is 0 Å². The molecule has 0 radical (unpaired) electrons. The molecule has 0 saturated carbocycles. The lowest BCUT2D eigenvalue weighted by atomic mass is 10.1. The van der Waals surface area contributed by atoms with Gasteiger partial charge in [-0.05, 0) is 48.4 Å². The average Bonchev–Trinajstić information content (AvgIpc) is 3.02. The van der Waals surface area contributed by atoms with Gasteiger partial charge in [0.25, 0.3) is 5.91 Å². The first-order chi connectivity index (χ1) is 13.2. The van der Waals surface area contributed by atoms with Crippen LogP contribution in [0, 0.1) is 0 Å². The molecule has 1 unspecified atom stereocenters. The molecule has 1 amide bonds. The minimum absolute atomic E-state index is 0.0110. The first-order valence-corrected chi connectivity index (χ1v) is 10.3. The van der Waals surface area contributed by atoms with Crippen molar-refractivity contribution in [1.82, 2.24) is 4.90 Å². The van der Waals surface area contributed by atoms with Crippen molar-refractivity contribution in [2.75, 3.05) is 32.2 Å². The zero-order valence-electron chi connectivity index (χ0n) is 14.7. The van der Waals surface area contributed by atoms with Gasteiger partial charge in [-0.25, -0.2) is 0 Å². The number of ether oxygens (including phenoxy) is 3. The Morgan fingerprint density at radius 2 is 1.96 bits per heavy atom. The Bertz CT molecular complexity index is 814. The predicted octanol–water partition coefficient (Wildman–Crippen LogP) is 4.15. The van der Waals surface area contributed by atoms with E-state index in [1.54, 1.807) is 24.3 Å². The van der Waals surface area contributed by atoms with E-state index in [1.807, 2.05) is 22.7 Å². The second kappa shape index (κ2) is 8.31. The zero-order valence-corrected chi connectivity index (χ0v) is 16.3. The maximum absolute atomic E-state index is 12.5. The second-order valence-corrected chi connectivity index (χ2v) is 8.13. The van der Waals surface area contributed by atoms with Gasteiger partial charge in [0.05, 0.1) is 0 Å². The van der Waals surface area contributed by atoms with Crippen LogP contribution in [0.15, 0.2) is 42.5 Å². The number of carbonyl (C=O) groups excluding carboxylic acids is 1. The van der Waals surface area contributed by atoms with Gasteiger partial charge in [-0.3, -0.25) is 4.79 Å². The minimum Gasteiger partial charge on any atom is -0.484 e. The number of amides is 1. The number of benzene rings is 2. The molecule has 0 spiro atoms. The molecule has 2 aromatic rings. The van der Waals surface area contributed by atoms with E-state index in [2.05, 4.69) is 12.1 Å². The van der Waals surface area contributed by atoms with E-state index < -0.39 is 0 Å². The van der Waals surface area contributed by atoms with Gasteiger partial charge < -0.3 is 19.1 Å². The normalized spacial score (nSPS) is 18.9. The maximum Gasteiger partial charge on any atom is 0.260 e. The summed E-state index contributed by atoms with van der Waals surface area (Å²) in [6, 6.07) is 13.1. The van der Waals surface area contributed by atoms with Gasteiger partial charge in [0, 0.05) is 29.1 Å². The molecule has 142 valence electrons. The lowest BCUT2D eigenvalue weighted by molar-refractivity contribution is -0.133. The van der Waals surface area contributed by atoms with E-state index in [4.69, 9.17) is 25.8 Å². The third kappa shape index (κ3) is 4.45. The van der Waals surface area contributed by atoms with Crippen molar-refractivity contribution in [3.63, 3.8) is 0 Å². The van der Waals surface area contributed by atoms with E-state index in [1.165, 1.54) is 5.56 Å². The molecule has 0 aromatic heterocycles. The SMILES string of the molecule is O=C(COc1ccc(Cl)cc1)N1CCSC(c2ccc3c(c2)OCO3)CC1. The highest BCUT2D eigenvalue weighted by atomic mass is 35.5. The summed E-state index contributed by atoms with van der Waals surface area (Å²) >= 11 is 7.74. The Morgan fingerprint density at radius 1 is 1.15 bits per heavy atom. The quantitative estimate of drug-likeness (QED) is 0.764. The molecule has 2 aromatic carbocycles. The molecule has 7 heteroatoms. The van der Waals surface area contributed by atoms with Crippen LogP contribution < -0.4 is 14.2 Å². The van der Waals surface area contributed by atoms with Crippen molar-refractivity contribution in [3.05, 3.63) is 53.1 Å². The number of rotatable bonds is 4. The number of thioether (sulfide) groups is 1. The van der Waals surface area contributed by atoms with Gasteiger partial charge in [-0.2, -0.15) is 11.8 Å². The fraction of sp³-hybridized carbons (Fsp3) is 0.350. The van der Waals surface area contributed by atoms with Crippen molar-refractivity contribution in [3.8, 4) is 17.2 Å². The molecule has 5 nitrogen and oxygen atoms in total. The molecule has 2 heterocycles. The number of halogens is 1. The molecule has 27 heavy (non-hydrogen) atoms. The predicted molar refractivity (Wildman–Crippen MR) is 106 cm³/mol. The first kappa shape index (κ1) is 18.3. The highest BCUT2D eigenvalue weighted by Gasteiger charge is 2.24. The van der Waals surface area contributed by atoms with Crippen molar-refractivity contribution in [1.29, 1.82) is 0 Å². The Hall–Kier alpha value is -2.05. The van der Waals surface area contributed by atoms with Crippen LogP contribution in [-0.4, -0.2) is 43.0 Å². The standard InChI is InChI=1S/C20H20ClNO4S/c21-15-2-4-16(5-3-15)24-12-20(23)22-8-7-19(27-10-9-22)14-1-6-17-18(11-14)26-13-25-17/h1-6,11,19H,7-10,12-13H2. The Labute approximate surface area is 167 Å². The third-order valence-electron chi connectivity index (χ3n) is 4.64. The van der Waals surface area contributed by atoms with Crippen LogP contribution in [0.3, 0.4) is 0 Å². The highest BCUT2D eigenvalue weighted by Crippen LogP contribution is 2.40. The highest BCUT2D eigenvalue weighted by molar-refractivity contribution is 7.99. The molecule has 0 bridgehead atoms. The molecule has 2 aliphatic heterocycles. The van der Waals surface area contributed by atoms with Gasteiger partial charge in [-0.15, -0.1) is 0 Å². The van der Waals surface area contributed by atoms with Crippen LogP contribution in [0.1, 0.15) is 17.2 Å². The van der Waals surface area contributed by atoms with E-state index >= 15 is 0 Å². The van der Waals surface area contributed by atoms with Crippen LogP contribution in [0.5, 0.6) is 17.2 Å². The summed E-state index contributed by atoms with van der Waals surface area (Å²) in [6.07, 6.45) is 0.900. The number of nitrogens with zero attached hydrogens (tertiary/aromatic N) is 1. The van der Waals surface area contributed by atoms with Crippen LogP contribution in [0.4, 0.5) is 0 Å². The molecular formula is C20H20ClNO4S. The van der Waals surface area contributed by atoms with E-state index in [0.29, 0.717) is 16.0 Å².